The summed E-state index contributed by atoms with van der Waals surface area (Å²) in [6.45, 7) is 1.71. The van der Waals surface area contributed by atoms with Crippen LogP contribution in [0.25, 0.3) is 12.2 Å². The van der Waals surface area contributed by atoms with Crippen molar-refractivity contribution in [2.75, 3.05) is 7.11 Å². The average Bonchev–Trinajstić information content (AvgIpc) is 2.69. The van der Waals surface area contributed by atoms with E-state index in [4.69, 9.17) is 4.42 Å². The molecule has 0 aliphatic heterocycles. The van der Waals surface area contributed by atoms with Gasteiger partial charge in [0.15, 0.2) is 0 Å². The summed E-state index contributed by atoms with van der Waals surface area (Å²) in [5, 5.41) is 0. The lowest BCUT2D eigenvalue weighted by Crippen LogP contribution is -2.00. The van der Waals surface area contributed by atoms with Crippen molar-refractivity contribution in [3.63, 3.8) is 0 Å². The minimum atomic E-state index is -0.337. The van der Waals surface area contributed by atoms with E-state index in [2.05, 4.69) is 20.7 Å². The molecule has 3 nitrogen and oxygen atoms in total. The molecule has 17 heavy (non-hydrogen) atoms. The van der Waals surface area contributed by atoms with E-state index in [1.807, 2.05) is 12.1 Å². The number of fused-ring (bicyclic) bond motifs is 1. The molecule has 2 rings (SSSR count). The maximum absolute atomic E-state index is 11.3. The second kappa shape index (κ2) is 4.92. The quantitative estimate of drug-likeness (QED) is 0.619. The maximum Gasteiger partial charge on any atom is 0.333 e. The van der Waals surface area contributed by atoms with Gasteiger partial charge in [-0.1, -0.05) is 15.9 Å². The van der Waals surface area contributed by atoms with Crippen molar-refractivity contribution in [1.29, 1.82) is 0 Å². The molecule has 1 aliphatic rings. The van der Waals surface area contributed by atoms with Crippen molar-refractivity contribution in [3.05, 3.63) is 33.2 Å². The molecule has 90 valence electrons. The molecule has 0 N–H and O–H groups in total. The van der Waals surface area contributed by atoms with Gasteiger partial charge in [0, 0.05) is 17.6 Å². The molecule has 0 saturated carbocycles. The lowest BCUT2D eigenvalue weighted by atomic mass is 10.1. The van der Waals surface area contributed by atoms with Crippen LogP contribution in [0.4, 0.5) is 0 Å². The predicted molar refractivity (Wildman–Crippen MR) is 69.6 cm³/mol. The van der Waals surface area contributed by atoms with Gasteiger partial charge >= 0.3 is 5.97 Å². The summed E-state index contributed by atoms with van der Waals surface area (Å²) in [6.07, 6.45) is 5.59. The Morgan fingerprint density at radius 1 is 1.53 bits per heavy atom. The summed E-state index contributed by atoms with van der Waals surface area (Å²) in [6, 6.07) is 1.93. The number of ether oxygens (including phenoxy) is 1. The van der Waals surface area contributed by atoms with Gasteiger partial charge in [0.2, 0.25) is 0 Å². The lowest BCUT2D eigenvalue weighted by Gasteiger charge is -2.05. The largest absolute Gasteiger partial charge is 0.466 e. The monoisotopic (exact) mass is 296 g/mol. The zero-order valence-electron chi connectivity index (χ0n) is 9.75. The maximum atomic E-state index is 11.3. The highest BCUT2D eigenvalue weighted by atomic mass is 79.9. The van der Waals surface area contributed by atoms with Crippen molar-refractivity contribution in [1.82, 2.24) is 0 Å². The van der Waals surface area contributed by atoms with Crippen LogP contribution in [0.3, 0.4) is 0 Å². The molecule has 0 saturated heterocycles. The van der Waals surface area contributed by atoms with Crippen LogP contribution in [0, 0.1) is 0 Å². The van der Waals surface area contributed by atoms with Crippen LogP contribution in [0.5, 0.6) is 0 Å². The van der Waals surface area contributed by atoms with Crippen molar-refractivity contribution >= 4 is 34.1 Å². The van der Waals surface area contributed by atoms with Gasteiger partial charge < -0.3 is 9.15 Å². The van der Waals surface area contributed by atoms with E-state index in [1.165, 1.54) is 11.6 Å². The Kier molecular flexibility index (Phi) is 3.52. The van der Waals surface area contributed by atoms with Gasteiger partial charge in [-0.3, -0.25) is 0 Å². The number of allylic oxidation sites excluding steroid dienone is 1. The van der Waals surface area contributed by atoms with Gasteiger partial charge in [-0.15, -0.1) is 0 Å². The molecule has 0 amide bonds. The third-order valence-corrected chi connectivity index (χ3v) is 3.26. The molecule has 4 heteroatoms. The van der Waals surface area contributed by atoms with Crippen LogP contribution >= 0.6 is 15.9 Å². The fraction of sp³-hybridized carbons (Fsp3) is 0.308. The van der Waals surface area contributed by atoms with E-state index in [0.29, 0.717) is 11.3 Å². The van der Waals surface area contributed by atoms with Crippen LogP contribution in [0.1, 0.15) is 30.4 Å². The number of esters is 1. The van der Waals surface area contributed by atoms with Gasteiger partial charge in [0.1, 0.15) is 11.5 Å². The van der Waals surface area contributed by atoms with Crippen LogP contribution < -0.4 is 0 Å². The van der Waals surface area contributed by atoms with E-state index >= 15 is 0 Å². The number of carbonyl (C=O) groups is 1. The molecule has 0 radical (unpaired) electrons. The second-order valence-electron chi connectivity index (χ2n) is 3.94. The van der Waals surface area contributed by atoms with E-state index < -0.39 is 0 Å². The van der Waals surface area contributed by atoms with E-state index in [-0.39, 0.29) is 5.97 Å². The van der Waals surface area contributed by atoms with Gasteiger partial charge in [-0.05, 0) is 36.0 Å². The SMILES string of the molecule is COC(=O)/C(C)=C/c1cc2c(o1)CCC(Br)=C2. The van der Waals surface area contributed by atoms with Crippen molar-refractivity contribution in [2.24, 2.45) is 0 Å². The highest BCUT2D eigenvalue weighted by molar-refractivity contribution is 9.11. The topological polar surface area (TPSA) is 39.4 Å². The molecule has 1 aromatic rings. The second-order valence-corrected chi connectivity index (χ2v) is 4.96. The Hall–Kier alpha value is -1.29. The number of hydrogen-bond acceptors (Lipinski definition) is 3. The smallest absolute Gasteiger partial charge is 0.333 e. The summed E-state index contributed by atoms with van der Waals surface area (Å²) >= 11 is 3.48. The third-order valence-electron chi connectivity index (χ3n) is 2.63. The van der Waals surface area contributed by atoms with E-state index in [9.17, 15) is 4.79 Å². The number of hydrogen-bond donors (Lipinski definition) is 0. The summed E-state index contributed by atoms with van der Waals surface area (Å²) < 4.78 is 11.5. The van der Waals surface area contributed by atoms with Crippen LogP contribution in [0.2, 0.25) is 0 Å². The lowest BCUT2D eigenvalue weighted by molar-refractivity contribution is -0.135. The van der Waals surface area contributed by atoms with Crippen LogP contribution in [-0.4, -0.2) is 13.1 Å². The highest BCUT2D eigenvalue weighted by Crippen LogP contribution is 2.30. The Balaban J connectivity index is 2.28. The first kappa shape index (κ1) is 12.2. The summed E-state index contributed by atoms with van der Waals surface area (Å²) in [7, 11) is 1.37. The summed E-state index contributed by atoms with van der Waals surface area (Å²) in [5.74, 6) is 1.32. The molecule has 1 aliphatic carbocycles. The van der Waals surface area contributed by atoms with Crippen LogP contribution in [-0.2, 0) is 16.0 Å². The zero-order chi connectivity index (χ0) is 12.4. The van der Waals surface area contributed by atoms with Gasteiger partial charge in [0.05, 0.1) is 7.11 Å². The average molecular weight is 297 g/mol. The van der Waals surface area contributed by atoms with Crippen molar-refractivity contribution in [3.8, 4) is 0 Å². The standard InChI is InChI=1S/C13H13BrO3/c1-8(13(15)16-2)5-11-7-9-6-10(14)3-4-12(9)17-11/h5-7H,3-4H2,1-2H3/b8-5+. The van der Waals surface area contributed by atoms with Gasteiger partial charge in [-0.25, -0.2) is 4.79 Å². The summed E-state index contributed by atoms with van der Waals surface area (Å²) in [5.41, 5.74) is 1.61. The molecular weight excluding hydrogens is 284 g/mol. The minimum Gasteiger partial charge on any atom is -0.466 e. The number of aryl methyl sites for hydroxylation is 1. The first-order valence-corrected chi connectivity index (χ1v) is 6.15. The molecule has 1 aromatic heterocycles. The number of rotatable bonds is 2. The number of carbonyl (C=O) groups excluding carboxylic acids is 1. The first-order valence-electron chi connectivity index (χ1n) is 5.35. The van der Waals surface area contributed by atoms with Crippen molar-refractivity contribution < 1.29 is 13.9 Å². The fourth-order valence-electron chi connectivity index (χ4n) is 1.76. The van der Waals surface area contributed by atoms with E-state index in [1.54, 1.807) is 13.0 Å². The Labute approximate surface area is 108 Å². The van der Waals surface area contributed by atoms with E-state index in [0.717, 1.165) is 24.2 Å². The molecule has 0 bridgehead atoms. The molecule has 0 atom stereocenters. The predicted octanol–water partition coefficient (Wildman–Crippen LogP) is 3.54. The molecule has 1 heterocycles. The third kappa shape index (κ3) is 2.69. The molecular formula is C13H13BrO3. The number of halogens is 1. The van der Waals surface area contributed by atoms with Crippen molar-refractivity contribution in [2.45, 2.75) is 19.8 Å². The number of furan rings is 1. The van der Waals surface area contributed by atoms with Gasteiger partial charge in [-0.2, -0.15) is 0 Å². The first-order chi connectivity index (χ1) is 8.10. The Morgan fingerprint density at radius 3 is 3.00 bits per heavy atom. The molecule has 0 spiro atoms. The van der Waals surface area contributed by atoms with Gasteiger partial charge in [0.25, 0.3) is 0 Å². The molecule has 0 aromatic carbocycles. The minimum absolute atomic E-state index is 0.337. The Bertz CT molecular complexity index is 509. The zero-order valence-corrected chi connectivity index (χ0v) is 11.3. The molecule has 0 fully saturated rings. The Morgan fingerprint density at radius 2 is 2.29 bits per heavy atom. The number of methoxy groups -OCH3 is 1. The summed E-state index contributed by atoms with van der Waals surface area (Å²) in [4.78, 5) is 11.3. The van der Waals surface area contributed by atoms with Crippen LogP contribution in [0.15, 0.2) is 20.5 Å². The highest BCUT2D eigenvalue weighted by Gasteiger charge is 2.14. The normalized spacial score (nSPS) is 15.2. The fourth-order valence-corrected chi connectivity index (χ4v) is 2.21. The molecule has 0 unspecified atom stereocenters.